The number of nitrogens with zero attached hydrogens (tertiary/aromatic N) is 2. The lowest BCUT2D eigenvalue weighted by molar-refractivity contribution is -0.122. The number of rotatable bonds is 6. The Bertz CT molecular complexity index is 1210. The summed E-state index contributed by atoms with van der Waals surface area (Å²) >= 11 is 1.57. The standard InChI is InChI=1S/C23H21N3O3S/c1-15-9-11-17(12-10-15)21(19-8-5-13-30-19)24-20(27)14-26-22(25-29-23(26)28)18-7-4-3-6-16(18)2/h3-13,21H,14H2,1-2H3,(H,24,27). The van der Waals surface area contributed by atoms with Gasteiger partial charge in [-0.05, 0) is 36.4 Å². The molecular weight excluding hydrogens is 398 g/mol. The molecule has 1 amide bonds. The summed E-state index contributed by atoms with van der Waals surface area (Å²) in [6.07, 6.45) is 0. The van der Waals surface area contributed by atoms with E-state index in [1.54, 1.807) is 11.3 Å². The predicted molar refractivity (Wildman–Crippen MR) is 116 cm³/mol. The van der Waals surface area contributed by atoms with Gasteiger partial charge in [-0.3, -0.25) is 9.32 Å². The highest BCUT2D eigenvalue weighted by molar-refractivity contribution is 7.10. The Morgan fingerprint density at radius 3 is 2.57 bits per heavy atom. The number of thiophene rings is 1. The van der Waals surface area contributed by atoms with E-state index in [2.05, 4.69) is 10.5 Å². The first kappa shape index (κ1) is 19.8. The lowest BCUT2D eigenvalue weighted by Gasteiger charge is -2.18. The molecule has 2 aromatic carbocycles. The fourth-order valence-electron chi connectivity index (χ4n) is 3.31. The summed E-state index contributed by atoms with van der Waals surface area (Å²) in [6, 6.07) is 19.2. The SMILES string of the molecule is Cc1ccc(C(NC(=O)Cn2c(-c3ccccc3C)noc2=O)c2cccs2)cc1. The number of nitrogens with one attached hydrogen (secondary N) is 1. The smallest absolute Gasteiger partial charge is 0.343 e. The van der Waals surface area contributed by atoms with Crippen LogP contribution in [0.4, 0.5) is 0 Å². The molecule has 7 heteroatoms. The molecule has 1 atom stereocenters. The molecule has 0 aliphatic carbocycles. The maximum atomic E-state index is 12.9. The van der Waals surface area contributed by atoms with Crippen molar-refractivity contribution < 1.29 is 9.32 Å². The number of hydrogen-bond acceptors (Lipinski definition) is 5. The molecule has 0 saturated heterocycles. The van der Waals surface area contributed by atoms with Crippen LogP contribution in [-0.4, -0.2) is 15.6 Å². The summed E-state index contributed by atoms with van der Waals surface area (Å²) in [6.45, 7) is 3.76. The van der Waals surface area contributed by atoms with Crippen LogP contribution in [-0.2, 0) is 11.3 Å². The van der Waals surface area contributed by atoms with Crippen molar-refractivity contribution in [3.63, 3.8) is 0 Å². The second kappa shape index (κ2) is 8.51. The van der Waals surface area contributed by atoms with E-state index in [4.69, 9.17) is 4.52 Å². The van der Waals surface area contributed by atoms with E-state index in [-0.39, 0.29) is 18.5 Å². The number of benzene rings is 2. The Kier molecular flexibility index (Phi) is 5.63. The van der Waals surface area contributed by atoms with Crippen LogP contribution >= 0.6 is 11.3 Å². The maximum Gasteiger partial charge on any atom is 0.442 e. The van der Waals surface area contributed by atoms with Gasteiger partial charge in [-0.25, -0.2) is 9.36 Å². The first-order chi connectivity index (χ1) is 14.5. The zero-order valence-electron chi connectivity index (χ0n) is 16.7. The van der Waals surface area contributed by atoms with Crippen molar-refractivity contribution in [2.45, 2.75) is 26.4 Å². The summed E-state index contributed by atoms with van der Waals surface area (Å²) in [5, 5.41) is 8.93. The number of aromatic nitrogens is 2. The van der Waals surface area contributed by atoms with Gasteiger partial charge in [0.1, 0.15) is 6.54 Å². The number of carbonyl (C=O) groups excluding carboxylic acids is 1. The van der Waals surface area contributed by atoms with Crippen molar-refractivity contribution in [2.24, 2.45) is 0 Å². The third-order valence-electron chi connectivity index (χ3n) is 4.92. The molecule has 0 saturated carbocycles. The molecule has 2 aromatic heterocycles. The molecule has 152 valence electrons. The van der Waals surface area contributed by atoms with Gasteiger partial charge < -0.3 is 5.32 Å². The van der Waals surface area contributed by atoms with Gasteiger partial charge in [0, 0.05) is 10.4 Å². The van der Waals surface area contributed by atoms with Crippen molar-refractivity contribution in [1.82, 2.24) is 15.0 Å². The first-order valence-corrected chi connectivity index (χ1v) is 10.4. The average molecular weight is 420 g/mol. The van der Waals surface area contributed by atoms with Gasteiger partial charge in [0.15, 0.2) is 5.82 Å². The minimum atomic E-state index is -0.661. The third kappa shape index (κ3) is 4.11. The van der Waals surface area contributed by atoms with E-state index >= 15 is 0 Å². The Morgan fingerprint density at radius 2 is 1.87 bits per heavy atom. The van der Waals surface area contributed by atoms with Crippen LogP contribution in [0.2, 0.25) is 0 Å². The maximum absolute atomic E-state index is 12.9. The quantitative estimate of drug-likeness (QED) is 0.511. The lowest BCUT2D eigenvalue weighted by Crippen LogP contribution is -2.34. The highest BCUT2D eigenvalue weighted by atomic mass is 32.1. The van der Waals surface area contributed by atoms with Gasteiger partial charge in [0.2, 0.25) is 5.91 Å². The zero-order valence-corrected chi connectivity index (χ0v) is 17.5. The van der Waals surface area contributed by atoms with Crippen molar-refractivity contribution in [3.8, 4) is 11.4 Å². The van der Waals surface area contributed by atoms with Crippen LogP contribution < -0.4 is 11.1 Å². The van der Waals surface area contributed by atoms with Crippen molar-refractivity contribution in [1.29, 1.82) is 0 Å². The molecule has 6 nitrogen and oxygen atoms in total. The minimum absolute atomic E-state index is 0.181. The molecule has 0 aliphatic heterocycles. The van der Waals surface area contributed by atoms with Gasteiger partial charge in [0.25, 0.3) is 0 Å². The summed E-state index contributed by atoms with van der Waals surface area (Å²) in [4.78, 5) is 26.2. The van der Waals surface area contributed by atoms with Gasteiger partial charge in [-0.1, -0.05) is 65.3 Å². The van der Waals surface area contributed by atoms with E-state index in [1.807, 2.05) is 79.9 Å². The van der Waals surface area contributed by atoms with Crippen LogP contribution in [0.5, 0.6) is 0 Å². The second-order valence-corrected chi connectivity index (χ2v) is 8.08. The lowest BCUT2D eigenvalue weighted by atomic mass is 10.0. The Morgan fingerprint density at radius 1 is 1.10 bits per heavy atom. The monoisotopic (exact) mass is 419 g/mol. The molecule has 1 unspecified atom stereocenters. The molecule has 4 aromatic rings. The minimum Gasteiger partial charge on any atom is -0.343 e. The molecular formula is C23H21N3O3S. The molecule has 0 bridgehead atoms. The molecule has 1 N–H and O–H groups in total. The van der Waals surface area contributed by atoms with Gasteiger partial charge in [-0.2, -0.15) is 0 Å². The zero-order chi connectivity index (χ0) is 21.1. The number of aryl methyl sites for hydroxylation is 2. The number of hydrogen-bond donors (Lipinski definition) is 1. The second-order valence-electron chi connectivity index (χ2n) is 7.10. The van der Waals surface area contributed by atoms with Crippen LogP contribution in [0.15, 0.2) is 75.4 Å². The fourth-order valence-corrected chi connectivity index (χ4v) is 4.11. The van der Waals surface area contributed by atoms with E-state index in [0.29, 0.717) is 5.82 Å². The molecule has 0 radical (unpaired) electrons. The first-order valence-electron chi connectivity index (χ1n) is 9.55. The topological polar surface area (TPSA) is 77.1 Å². The largest absolute Gasteiger partial charge is 0.442 e. The van der Waals surface area contributed by atoms with Crippen LogP contribution in [0.25, 0.3) is 11.4 Å². The summed E-state index contributed by atoms with van der Waals surface area (Å²) in [5.74, 6) is -0.614. The average Bonchev–Trinajstić information content (AvgIpc) is 3.39. The number of amides is 1. The van der Waals surface area contributed by atoms with E-state index in [9.17, 15) is 9.59 Å². The van der Waals surface area contributed by atoms with E-state index in [1.165, 1.54) is 4.57 Å². The molecule has 0 aliphatic rings. The van der Waals surface area contributed by atoms with Gasteiger partial charge in [-0.15, -0.1) is 11.3 Å². The van der Waals surface area contributed by atoms with Gasteiger partial charge in [0.05, 0.1) is 6.04 Å². The highest BCUT2D eigenvalue weighted by Crippen LogP contribution is 2.26. The third-order valence-corrected chi connectivity index (χ3v) is 5.85. The molecule has 2 heterocycles. The highest BCUT2D eigenvalue weighted by Gasteiger charge is 2.21. The Hall–Kier alpha value is -3.45. The van der Waals surface area contributed by atoms with Crippen LogP contribution in [0.1, 0.15) is 27.6 Å². The van der Waals surface area contributed by atoms with E-state index in [0.717, 1.165) is 27.1 Å². The van der Waals surface area contributed by atoms with Crippen LogP contribution in [0.3, 0.4) is 0 Å². The molecule has 0 spiro atoms. The van der Waals surface area contributed by atoms with Crippen molar-refractivity contribution in [3.05, 3.63) is 98.2 Å². The molecule has 4 rings (SSSR count). The molecule has 30 heavy (non-hydrogen) atoms. The summed E-state index contributed by atoms with van der Waals surface area (Å²) in [5.41, 5.74) is 3.82. The van der Waals surface area contributed by atoms with Gasteiger partial charge >= 0.3 is 5.76 Å². The van der Waals surface area contributed by atoms with E-state index < -0.39 is 5.76 Å². The molecule has 0 fully saturated rings. The fraction of sp³-hybridized carbons (Fsp3) is 0.174. The normalized spacial score (nSPS) is 11.9. The van der Waals surface area contributed by atoms with Crippen molar-refractivity contribution in [2.75, 3.05) is 0 Å². The van der Waals surface area contributed by atoms with Crippen LogP contribution in [0, 0.1) is 13.8 Å². The predicted octanol–water partition coefficient (Wildman–Crippen LogP) is 4.09. The summed E-state index contributed by atoms with van der Waals surface area (Å²) < 4.78 is 6.12. The summed E-state index contributed by atoms with van der Waals surface area (Å²) in [7, 11) is 0. The number of carbonyl (C=O) groups is 1. The Labute approximate surface area is 177 Å². The Balaban J connectivity index is 1.61. The van der Waals surface area contributed by atoms with Crippen molar-refractivity contribution >= 4 is 17.2 Å².